The van der Waals surface area contributed by atoms with Gasteiger partial charge in [-0.05, 0) is 39.7 Å². The number of aromatic nitrogens is 2. The molecule has 1 aromatic heterocycles. The Hall–Kier alpha value is -2.32. The van der Waals surface area contributed by atoms with Crippen LogP contribution in [0.1, 0.15) is 21.6 Å². The SMILES string of the molecule is O=C(NN=Cc1ccccc1F)c1nn(Cc2ccc(Br)cc2)cc1Br. The van der Waals surface area contributed by atoms with E-state index in [1.165, 1.54) is 12.3 Å². The van der Waals surface area contributed by atoms with Crippen LogP contribution >= 0.6 is 31.9 Å². The summed E-state index contributed by atoms with van der Waals surface area (Å²) < 4.78 is 16.7. The maximum atomic E-state index is 13.5. The number of carbonyl (C=O) groups excluding carboxylic acids is 1. The lowest BCUT2D eigenvalue weighted by Gasteiger charge is -2.02. The Morgan fingerprint density at radius 2 is 1.92 bits per heavy atom. The summed E-state index contributed by atoms with van der Waals surface area (Å²) in [4.78, 5) is 12.2. The molecule has 26 heavy (non-hydrogen) atoms. The van der Waals surface area contributed by atoms with Gasteiger partial charge in [-0.1, -0.05) is 46.3 Å². The molecule has 0 atom stereocenters. The summed E-state index contributed by atoms with van der Waals surface area (Å²) >= 11 is 6.72. The largest absolute Gasteiger partial charge is 0.293 e. The molecule has 1 amide bonds. The van der Waals surface area contributed by atoms with Crippen molar-refractivity contribution in [3.8, 4) is 0 Å². The Morgan fingerprint density at radius 3 is 2.65 bits per heavy atom. The zero-order chi connectivity index (χ0) is 18.5. The van der Waals surface area contributed by atoms with Crippen molar-refractivity contribution in [1.29, 1.82) is 0 Å². The number of amides is 1. The van der Waals surface area contributed by atoms with Gasteiger partial charge < -0.3 is 0 Å². The molecule has 0 bridgehead atoms. The first-order valence-electron chi connectivity index (χ1n) is 7.58. The van der Waals surface area contributed by atoms with Crippen LogP contribution in [0.2, 0.25) is 0 Å². The van der Waals surface area contributed by atoms with Gasteiger partial charge in [0.2, 0.25) is 0 Å². The third-order valence-electron chi connectivity index (χ3n) is 3.46. The molecule has 5 nitrogen and oxygen atoms in total. The monoisotopic (exact) mass is 478 g/mol. The van der Waals surface area contributed by atoms with Crippen molar-refractivity contribution in [3.05, 3.63) is 86.3 Å². The molecule has 2 aromatic carbocycles. The number of nitrogens with one attached hydrogen (secondary N) is 1. The van der Waals surface area contributed by atoms with Crippen LogP contribution in [0, 0.1) is 5.82 Å². The summed E-state index contributed by atoms with van der Waals surface area (Å²) in [6.07, 6.45) is 2.97. The highest BCUT2D eigenvalue weighted by Gasteiger charge is 2.15. The van der Waals surface area contributed by atoms with Crippen molar-refractivity contribution in [3.63, 3.8) is 0 Å². The normalized spacial score (nSPS) is 11.0. The Labute approximate surface area is 166 Å². The van der Waals surface area contributed by atoms with Crippen LogP contribution in [0.25, 0.3) is 0 Å². The Kier molecular flexibility index (Phi) is 5.95. The number of carbonyl (C=O) groups is 1. The quantitative estimate of drug-likeness (QED) is 0.436. The molecule has 3 rings (SSSR count). The number of hydrogen-bond acceptors (Lipinski definition) is 3. The standard InChI is InChI=1S/C18H13Br2FN4O/c19-14-7-5-12(6-8-14)10-25-11-15(20)17(24-25)18(26)23-22-9-13-3-1-2-4-16(13)21/h1-9,11H,10H2,(H,23,26). The molecule has 1 heterocycles. The smallest absolute Gasteiger partial charge is 0.266 e. The highest BCUT2D eigenvalue weighted by Crippen LogP contribution is 2.17. The van der Waals surface area contributed by atoms with Gasteiger partial charge in [-0.2, -0.15) is 10.2 Å². The molecule has 0 aliphatic carbocycles. The molecule has 3 aromatic rings. The predicted octanol–water partition coefficient (Wildman–Crippen LogP) is 4.36. The molecule has 0 unspecified atom stereocenters. The first-order valence-corrected chi connectivity index (χ1v) is 9.17. The van der Waals surface area contributed by atoms with Crippen molar-refractivity contribution >= 4 is 44.0 Å². The van der Waals surface area contributed by atoms with Gasteiger partial charge >= 0.3 is 0 Å². The first-order chi connectivity index (χ1) is 12.5. The van der Waals surface area contributed by atoms with Gasteiger partial charge in [-0.15, -0.1) is 0 Å². The van der Waals surface area contributed by atoms with Gasteiger partial charge in [0.1, 0.15) is 5.82 Å². The zero-order valence-electron chi connectivity index (χ0n) is 13.4. The van der Waals surface area contributed by atoms with Gasteiger partial charge in [0, 0.05) is 16.2 Å². The molecule has 8 heteroatoms. The predicted molar refractivity (Wildman–Crippen MR) is 105 cm³/mol. The lowest BCUT2D eigenvalue weighted by Crippen LogP contribution is -2.19. The third kappa shape index (κ3) is 4.64. The fourth-order valence-electron chi connectivity index (χ4n) is 2.20. The van der Waals surface area contributed by atoms with Gasteiger partial charge in [-0.3, -0.25) is 9.48 Å². The number of hydrogen-bond donors (Lipinski definition) is 1. The summed E-state index contributed by atoms with van der Waals surface area (Å²) in [7, 11) is 0. The van der Waals surface area contributed by atoms with Crippen LogP contribution in [0.15, 0.2) is 68.8 Å². The van der Waals surface area contributed by atoms with E-state index in [0.29, 0.717) is 11.0 Å². The average molecular weight is 480 g/mol. The molecule has 0 radical (unpaired) electrons. The Balaban J connectivity index is 1.67. The molecular formula is C18H13Br2FN4O. The van der Waals surface area contributed by atoms with Crippen molar-refractivity contribution in [2.75, 3.05) is 0 Å². The summed E-state index contributed by atoms with van der Waals surface area (Å²) in [5.41, 5.74) is 3.89. The minimum Gasteiger partial charge on any atom is -0.266 e. The highest BCUT2D eigenvalue weighted by molar-refractivity contribution is 9.10. The van der Waals surface area contributed by atoms with Crippen molar-refractivity contribution in [2.24, 2.45) is 5.10 Å². The zero-order valence-corrected chi connectivity index (χ0v) is 16.5. The van der Waals surface area contributed by atoms with E-state index in [1.54, 1.807) is 29.1 Å². The summed E-state index contributed by atoms with van der Waals surface area (Å²) in [6.45, 7) is 0.525. The minimum absolute atomic E-state index is 0.202. The van der Waals surface area contributed by atoms with E-state index >= 15 is 0 Å². The lowest BCUT2D eigenvalue weighted by molar-refractivity contribution is 0.0948. The summed E-state index contributed by atoms with van der Waals surface area (Å²) in [5, 5.41) is 8.05. The summed E-state index contributed by atoms with van der Waals surface area (Å²) in [5.74, 6) is -0.899. The molecule has 0 fully saturated rings. The number of benzene rings is 2. The van der Waals surface area contributed by atoms with Crippen molar-refractivity contribution in [2.45, 2.75) is 6.54 Å². The molecular weight excluding hydrogens is 467 g/mol. The number of hydrazone groups is 1. The first kappa shape index (κ1) is 18.5. The van der Waals surface area contributed by atoms with E-state index in [2.05, 4.69) is 47.5 Å². The summed E-state index contributed by atoms with van der Waals surface area (Å²) in [6, 6.07) is 14.0. The maximum Gasteiger partial charge on any atom is 0.293 e. The van der Waals surface area contributed by atoms with Crippen LogP contribution < -0.4 is 5.43 Å². The molecule has 0 aliphatic heterocycles. The van der Waals surface area contributed by atoms with Gasteiger partial charge in [-0.25, -0.2) is 9.82 Å². The molecule has 0 aliphatic rings. The van der Waals surface area contributed by atoms with E-state index in [-0.39, 0.29) is 11.3 Å². The van der Waals surface area contributed by atoms with E-state index in [1.807, 2.05) is 24.3 Å². The Morgan fingerprint density at radius 1 is 1.19 bits per heavy atom. The second-order valence-corrected chi connectivity index (χ2v) is 7.14. The molecule has 132 valence electrons. The van der Waals surface area contributed by atoms with Crippen LogP contribution in [-0.4, -0.2) is 21.9 Å². The molecule has 0 spiro atoms. The van der Waals surface area contributed by atoms with Gasteiger partial charge in [0.15, 0.2) is 5.69 Å². The molecule has 1 N–H and O–H groups in total. The van der Waals surface area contributed by atoms with Crippen molar-refractivity contribution in [1.82, 2.24) is 15.2 Å². The lowest BCUT2D eigenvalue weighted by atomic mass is 10.2. The molecule has 0 saturated heterocycles. The van der Waals surface area contributed by atoms with Crippen LogP contribution in [0.3, 0.4) is 0 Å². The second-order valence-electron chi connectivity index (χ2n) is 5.37. The van der Waals surface area contributed by atoms with Gasteiger partial charge in [0.25, 0.3) is 5.91 Å². The van der Waals surface area contributed by atoms with E-state index in [0.717, 1.165) is 10.0 Å². The minimum atomic E-state index is -0.487. The van der Waals surface area contributed by atoms with Gasteiger partial charge in [0.05, 0.1) is 17.2 Å². The van der Waals surface area contributed by atoms with E-state index in [4.69, 9.17) is 0 Å². The number of nitrogens with zero attached hydrogens (tertiary/aromatic N) is 3. The van der Waals surface area contributed by atoms with E-state index < -0.39 is 11.7 Å². The second kappa shape index (κ2) is 8.37. The van der Waals surface area contributed by atoms with Crippen molar-refractivity contribution < 1.29 is 9.18 Å². The number of halogens is 3. The maximum absolute atomic E-state index is 13.5. The van der Waals surface area contributed by atoms with E-state index in [9.17, 15) is 9.18 Å². The van der Waals surface area contributed by atoms with Crippen LogP contribution in [0.4, 0.5) is 4.39 Å². The highest BCUT2D eigenvalue weighted by atomic mass is 79.9. The van der Waals surface area contributed by atoms with Crippen LogP contribution in [0.5, 0.6) is 0 Å². The fourth-order valence-corrected chi connectivity index (χ4v) is 2.96. The average Bonchev–Trinajstić information content (AvgIpc) is 2.99. The Bertz CT molecular complexity index is 954. The fraction of sp³-hybridized carbons (Fsp3) is 0.0556. The molecule has 0 saturated carbocycles. The third-order valence-corrected chi connectivity index (χ3v) is 4.57. The number of rotatable bonds is 5. The topological polar surface area (TPSA) is 59.3 Å². The van der Waals surface area contributed by atoms with Crippen LogP contribution in [-0.2, 0) is 6.54 Å².